The Morgan fingerprint density at radius 1 is 1.14 bits per heavy atom. The van der Waals surface area contributed by atoms with Gasteiger partial charge in [0.05, 0.1) is 5.69 Å². The Morgan fingerprint density at radius 3 is 2.52 bits per heavy atom. The summed E-state index contributed by atoms with van der Waals surface area (Å²) in [7, 11) is 0. The van der Waals surface area contributed by atoms with Crippen LogP contribution in [-0.4, -0.2) is 29.6 Å². The molecule has 1 aromatic carbocycles. The van der Waals surface area contributed by atoms with Gasteiger partial charge in [-0.3, -0.25) is 0 Å². The Morgan fingerprint density at radius 2 is 1.86 bits per heavy atom. The molecule has 21 heavy (non-hydrogen) atoms. The maximum Gasteiger partial charge on any atom is 0.225 e. The van der Waals surface area contributed by atoms with E-state index in [-0.39, 0.29) is 5.82 Å². The molecule has 110 valence electrons. The molecule has 0 bridgehead atoms. The van der Waals surface area contributed by atoms with E-state index in [1.54, 1.807) is 18.3 Å². The molecular weight excluding hydrogens is 267 g/mol. The summed E-state index contributed by atoms with van der Waals surface area (Å²) in [5.41, 5.74) is 7.44. The lowest BCUT2D eigenvalue weighted by Crippen LogP contribution is -2.37. The zero-order chi connectivity index (χ0) is 14.7. The Kier molecular flexibility index (Phi) is 4.10. The van der Waals surface area contributed by atoms with Crippen molar-refractivity contribution < 1.29 is 4.39 Å². The summed E-state index contributed by atoms with van der Waals surface area (Å²) >= 11 is 0. The van der Waals surface area contributed by atoms with Gasteiger partial charge < -0.3 is 10.6 Å². The topological polar surface area (TPSA) is 55.0 Å². The lowest BCUT2D eigenvalue weighted by molar-refractivity contribution is 0.411. The highest BCUT2D eigenvalue weighted by molar-refractivity contribution is 5.60. The van der Waals surface area contributed by atoms with Crippen LogP contribution in [0.1, 0.15) is 12.8 Å². The van der Waals surface area contributed by atoms with E-state index in [2.05, 4.69) is 14.9 Å². The minimum atomic E-state index is -0.239. The van der Waals surface area contributed by atoms with Crippen molar-refractivity contribution >= 4 is 5.95 Å². The average Bonchev–Trinajstić information content (AvgIpc) is 2.56. The predicted octanol–water partition coefficient (Wildman–Crippen LogP) is 2.46. The number of halogens is 1. The second kappa shape index (κ2) is 6.18. The van der Waals surface area contributed by atoms with Crippen LogP contribution in [0.2, 0.25) is 0 Å². The van der Waals surface area contributed by atoms with Gasteiger partial charge in [-0.1, -0.05) is 0 Å². The summed E-state index contributed by atoms with van der Waals surface area (Å²) in [6.07, 6.45) is 3.93. The molecule has 1 fully saturated rings. The predicted molar refractivity (Wildman–Crippen MR) is 81.4 cm³/mol. The molecule has 0 aliphatic carbocycles. The third-order valence-electron chi connectivity index (χ3n) is 4.01. The van der Waals surface area contributed by atoms with E-state index >= 15 is 0 Å². The fraction of sp³-hybridized carbons (Fsp3) is 0.375. The first kappa shape index (κ1) is 13.9. The van der Waals surface area contributed by atoms with Gasteiger partial charge in [0.25, 0.3) is 0 Å². The molecule has 2 heterocycles. The molecule has 5 heteroatoms. The normalized spacial score (nSPS) is 16.2. The van der Waals surface area contributed by atoms with E-state index in [0.29, 0.717) is 5.92 Å². The number of benzene rings is 1. The third-order valence-corrected chi connectivity index (χ3v) is 4.01. The average molecular weight is 286 g/mol. The van der Waals surface area contributed by atoms with Crippen LogP contribution >= 0.6 is 0 Å². The molecule has 0 radical (unpaired) electrons. The van der Waals surface area contributed by atoms with E-state index in [0.717, 1.165) is 49.7 Å². The van der Waals surface area contributed by atoms with Crippen LogP contribution < -0.4 is 10.6 Å². The maximum atomic E-state index is 13.0. The van der Waals surface area contributed by atoms with Gasteiger partial charge in [-0.25, -0.2) is 14.4 Å². The van der Waals surface area contributed by atoms with Gasteiger partial charge in [-0.2, -0.15) is 0 Å². The molecular formula is C16H19FN4. The fourth-order valence-corrected chi connectivity index (χ4v) is 2.65. The van der Waals surface area contributed by atoms with E-state index in [1.165, 1.54) is 12.1 Å². The van der Waals surface area contributed by atoms with Crippen molar-refractivity contribution in [3.05, 3.63) is 42.3 Å². The molecule has 0 amide bonds. The van der Waals surface area contributed by atoms with Gasteiger partial charge >= 0.3 is 0 Å². The Balaban J connectivity index is 1.79. The number of rotatable bonds is 3. The highest BCUT2D eigenvalue weighted by atomic mass is 19.1. The molecule has 1 aliphatic rings. The van der Waals surface area contributed by atoms with Crippen molar-refractivity contribution in [3.8, 4) is 11.3 Å². The van der Waals surface area contributed by atoms with Crippen LogP contribution in [0.15, 0.2) is 36.5 Å². The van der Waals surface area contributed by atoms with Gasteiger partial charge in [0, 0.05) is 24.8 Å². The number of aromatic nitrogens is 2. The van der Waals surface area contributed by atoms with E-state index in [9.17, 15) is 4.39 Å². The van der Waals surface area contributed by atoms with Crippen LogP contribution in [0.3, 0.4) is 0 Å². The number of anilines is 1. The van der Waals surface area contributed by atoms with Gasteiger partial charge in [-0.15, -0.1) is 0 Å². The number of nitrogens with zero attached hydrogens (tertiary/aromatic N) is 3. The summed E-state index contributed by atoms with van der Waals surface area (Å²) in [6, 6.07) is 8.22. The SMILES string of the molecule is NCC1CCN(c2nccc(-c3ccc(F)cc3)n2)CC1. The van der Waals surface area contributed by atoms with Crippen LogP contribution in [0.4, 0.5) is 10.3 Å². The molecule has 3 rings (SSSR count). The molecule has 0 unspecified atom stereocenters. The van der Waals surface area contributed by atoms with Crippen LogP contribution in [-0.2, 0) is 0 Å². The molecule has 1 aliphatic heterocycles. The number of hydrogen-bond donors (Lipinski definition) is 1. The monoisotopic (exact) mass is 286 g/mol. The Labute approximate surface area is 123 Å². The van der Waals surface area contributed by atoms with Crippen molar-refractivity contribution in [2.24, 2.45) is 11.7 Å². The summed E-state index contributed by atoms with van der Waals surface area (Å²) in [5.74, 6) is 1.12. The maximum absolute atomic E-state index is 13.0. The van der Waals surface area contributed by atoms with E-state index < -0.39 is 0 Å². The summed E-state index contributed by atoms with van der Waals surface area (Å²) in [4.78, 5) is 11.2. The highest BCUT2D eigenvalue weighted by Gasteiger charge is 2.20. The minimum absolute atomic E-state index is 0.239. The van der Waals surface area contributed by atoms with Gasteiger partial charge in [0.2, 0.25) is 5.95 Å². The Bertz CT molecular complexity index is 591. The van der Waals surface area contributed by atoms with Crippen molar-refractivity contribution in [3.63, 3.8) is 0 Å². The standard InChI is InChI=1S/C16H19FN4/c17-14-3-1-13(2-4-14)15-5-8-19-16(20-15)21-9-6-12(11-18)7-10-21/h1-5,8,12H,6-7,9-11,18H2. The zero-order valence-electron chi connectivity index (χ0n) is 11.9. The molecule has 0 spiro atoms. The van der Waals surface area contributed by atoms with Crippen LogP contribution in [0.5, 0.6) is 0 Å². The second-order valence-electron chi connectivity index (χ2n) is 5.41. The van der Waals surface area contributed by atoms with Crippen molar-refractivity contribution in [2.45, 2.75) is 12.8 Å². The highest BCUT2D eigenvalue weighted by Crippen LogP contribution is 2.23. The molecule has 2 N–H and O–H groups in total. The lowest BCUT2D eigenvalue weighted by atomic mass is 9.97. The first-order valence-corrected chi connectivity index (χ1v) is 7.30. The zero-order valence-corrected chi connectivity index (χ0v) is 11.9. The van der Waals surface area contributed by atoms with Crippen LogP contribution in [0.25, 0.3) is 11.3 Å². The smallest absolute Gasteiger partial charge is 0.225 e. The second-order valence-corrected chi connectivity index (χ2v) is 5.41. The first-order valence-electron chi connectivity index (χ1n) is 7.30. The molecule has 0 atom stereocenters. The van der Waals surface area contributed by atoms with Crippen molar-refractivity contribution in [1.29, 1.82) is 0 Å². The first-order chi connectivity index (χ1) is 10.3. The largest absolute Gasteiger partial charge is 0.341 e. The molecule has 2 aromatic rings. The van der Waals surface area contributed by atoms with Crippen LogP contribution in [0, 0.1) is 11.7 Å². The number of piperidine rings is 1. The lowest BCUT2D eigenvalue weighted by Gasteiger charge is -2.31. The summed E-state index contributed by atoms with van der Waals surface area (Å²) < 4.78 is 13.0. The van der Waals surface area contributed by atoms with Gasteiger partial charge in [-0.05, 0) is 55.6 Å². The molecule has 1 aromatic heterocycles. The molecule has 1 saturated heterocycles. The number of hydrogen-bond acceptors (Lipinski definition) is 4. The van der Waals surface area contributed by atoms with Crippen molar-refractivity contribution in [1.82, 2.24) is 9.97 Å². The summed E-state index contributed by atoms with van der Waals surface area (Å²) in [6.45, 7) is 2.63. The molecule has 0 saturated carbocycles. The van der Waals surface area contributed by atoms with Crippen molar-refractivity contribution in [2.75, 3.05) is 24.5 Å². The summed E-state index contributed by atoms with van der Waals surface area (Å²) in [5, 5.41) is 0. The molecule has 4 nitrogen and oxygen atoms in total. The number of nitrogens with two attached hydrogens (primary N) is 1. The fourth-order valence-electron chi connectivity index (χ4n) is 2.65. The van der Waals surface area contributed by atoms with Gasteiger partial charge in [0.15, 0.2) is 0 Å². The Hall–Kier alpha value is -2.01. The quantitative estimate of drug-likeness (QED) is 0.941. The van der Waals surface area contributed by atoms with E-state index in [1.807, 2.05) is 6.07 Å². The van der Waals surface area contributed by atoms with E-state index in [4.69, 9.17) is 5.73 Å². The van der Waals surface area contributed by atoms with Gasteiger partial charge in [0.1, 0.15) is 5.82 Å². The minimum Gasteiger partial charge on any atom is -0.341 e. The third kappa shape index (κ3) is 3.19.